The third kappa shape index (κ3) is 2.75. The highest BCUT2D eigenvalue weighted by Crippen LogP contribution is 2.45. The molecule has 0 aliphatic rings. The van der Waals surface area contributed by atoms with E-state index in [1.54, 1.807) is 0 Å². The number of hydrogen-bond donors (Lipinski definition) is 1. The highest BCUT2D eigenvalue weighted by molar-refractivity contribution is 5.49. The Bertz CT molecular complexity index is 421. The first-order chi connectivity index (χ1) is 7.57. The van der Waals surface area contributed by atoms with Gasteiger partial charge in [-0.3, -0.25) is 0 Å². The van der Waals surface area contributed by atoms with Crippen molar-refractivity contribution in [3.8, 4) is 11.5 Å². The molecule has 2 nitrogen and oxygen atoms in total. The van der Waals surface area contributed by atoms with Crippen LogP contribution in [0.15, 0.2) is 12.1 Å². The normalized spacial score (nSPS) is 12.6. The van der Waals surface area contributed by atoms with Crippen LogP contribution in [0.1, 0.15) is 11.1 Å². The summed E-state index contributed by atoms with van der Waals surface area (Å²) in [5.74, 6) is -2.60. The molecular weight excluding hydrogens is 254 g/mol. The molecule has 0 heterocycles. The van der Waals surface area contributed by atoms with Crippen LogP contribution >= 0.6 is 0 Å². The Balaban J connectivity index is 3.47. The molecule has 0 unspecified atom stereocenters. The van der Waals surface area contributed by atoms with Gasteiger partial charge in [-0.25, -0.2) is 0 Å². The zero-order chi connectivity index (χ0) is 13.4. The summed E-state index contributed by atoms with van der Waals surface area (Å²) in [4.78, 5) is 0. The molecular formula is C9H6F6O2. The number of phenols is 1. The summed E-state index contributed by atoms with van der Waals surface area (Å²) in [6.07, 6.45) is -9.87. The van der Waals surface area contributed by atoms with Gasteiger partial charge in [0, 0.05) is 0 Å². The molecule has 0 amide bonds. The number of phenolic OH excluding ortho intramolecular Hbond substituents is 1. The third-order valence-corrected chi connectivity index (χ3v) is 1.91. The maximum Gasteiger partial charge on any atom is 0.423 e. The number of hydrogen-bond acceptors (Lipinski definition) is 2. The SMILES string of the molecule is COc1cc(C(F)(F)F)cc(O)c1C(F)(F)F. The lowest BCUT2D eigenvalue weighted by molar-refractivity contribution is -0.143. The van der Waals surface area contributed by atoms with E-state index >= 15 is 0 Å². The number of ether oxygens (including phenoxy) is 1. The molecule has 1 N–H and O–H groups in total. The van der Waals surface area contributed by atoms with Gasteiger partial charge in [-0.15, -0.1) is 0 Å². The van der Waals surface area contributed by atoms with Gasteiger partial charge in [-0.05, 0) is 12.1 Å². The number of aromatic hydroxyl groups is 1. The fourth-order valence-electron chi connectivity index (χ4n) is 1.21. The van der Waals surface area contributed by atoms with Gasteiger partial charge >= 0.3 is 12.4 Å². The first-order valence-corrected chi connectivity index (χ1v) is 4.12. The number of methoxy groups -OCH3 is 1. The molecule has 17 heavy (non-hydrogen) atoms. The molecule has 1 aromatic carbocycles. The van der Waals surface area contributed by atoms with Crippen molar-refractivity contribution in [2.75, 3.05) is 7.11 Å². The van der Waals surface area contributed by atoms with E-state index in [-0.39, 0.29) is 12.1 Å². The number of benzene rings is 1. The lowest BCUT2D eigenvalue weighted by atomic mass is 10.1. The van der Waals surface area contributed by atoms with Crippen LogP contribution in [0, 0.1) is 0 Å². The summed E-state index contributed by atoms with van der Waals surface area (Å²) in [5, 5.41) is 9.00. The van der Waals surface area contributed by atoms with Crippen molar-refractivity contribution in [3.63, 3.8) is 0 Å². The first kappa shape index (κ1) is 13.5. The van der Waals surface area contributed by atoms with Gasteiger partial charge in [0.2, 0.25) is 0 Å². The maximum absolute atomic E-state index is 12.4. The van der Waals surface area contributed by atoms with Crippen LogP contribution in [-0.2, 0) is 12.4 Å². The largest absolute Gasteiger partial charge is 0.507 e. The Morgan fingerprint density at radius 3 is 1.88 bits per heavy atom. The van der Waals surface area contributed by atoms with Crippen molar-refractivity contribution in [1.29, 1.82) is 0 Å². The second-order valence-electron chi connectivity index (χ2n) is 3.07. The smallest absolute Gasteiger partial charge is 0.423 e. The lowest BCUT2D eigenvalue weighted by Crippen LogP contribution is -2.11. The van der Waals surface area contributed by atoms with E-state index in [0.29, 0.717) is 0 Å². The molecule has 1 rings (SSSR count). The standard InChI is InChI=1S/C9H6F6O2/c1-17-6-3-4(8(10,11)12)2-5(16)7(6)9(13,14)15/h2-3,16H,1H3. The van der Waals surface area contributed by atoms with Crippen molar-refractivity contribution in [2.45, 2.75) is 12.4 Å². The van der Waals surface area contributed by atoms with E-state index in [4.69, 9.17) is 5.11 Å². The molecule has 0 radical (unpaired) electrons. The predicted octanol–water partition coefficient (Wildman–Crippen LogP) is 3.44. The number of alkyl halides is 6. The van der Waals surface area contributed by atoms with E-state index in [1.165, 1.54) is 0 Å². The van der Waals surface area contributed by atoms with Gasteiger partial charge in [0.25, 0.3) is 0 Å². The minimum absolute atomic E-state index is 0.00530. The highest BCUT2D eigenvalue weighted by atomic mass is 19.4. The molecule has 0 fully saturated rings. The van der Waals surface area contributed by atoms with E-state index in [1.807, 2.05) is 0 Å². The summed E-state index contributed by atoms with van der Waals surface area (Å²) in [5.41, 5.74) is -3.05. The van der Waals surface area contributed by atoms with Crippen molar-refractivity contribution in [1.82, 2.24) is 0 Å². The average molecular weight is 260 g/mol. The summed E-state index contributed by atoms with van der Waals surface area (Å²) in [7, 11) is 0.782. The quantitative estimate of drug-likeness (QED) is 0.784. The summed E-state index contributed by atoms with van der Waals surface area (Å²) < 4.78 is 78.2. The van der Waals surface area contributed by atoms with Crippen molar-refractivity contribution in [2.24, 2.45) is 0 Å². The molecule has 1 aromatic rings. The van der Waals surface area contributed by atoms with Gasteiger partial charge < -0.3 is 9.84 Å². The minimum atomic E-state index is -5.00. The zero-order valence-electron chi connectivity index (χ0n) is 8.28. The van der Waals surface area contributed by atoms with E-state index in [9.17, 15) is 26.3 Å². The predicted molar refractivity (Wildman–Crippen MR) is 44.7 cm³/mol. The fourth-order valence-corrected chi connectivity index (χ4v) is 1.21. The average Bonchev–Trinajstić information content (AvgIpc) is 2.12. The monoisotopic (exact) mass is 260 g/mol. The molecule has 0 aromatic heterocycles. The summed E-state index contributed by atoms with van der Waals surface area (Å²) in [6.45, 7) is 0. The Morgan fingerprint density at radius 1 is 1.00 bits per heavy atom. The Kier molecular flexibility index (Phi) is 3.17. The first-order valence-electron chi connectivity index (χ1n) is 4.12. The van der Waals surface area contributed by atoms with Crippen LogP contribution in [0.2, 0.25) is 0 Å². The zero-order valence-corrected chi connectivity index (χ0v) is 8.28. The van der Waals surface area contributed by atoms with Gasteiger partial charge in [-0.1, -0.05) is 0 Å². The molecule has 0 aliphatic carbocycles. The number of halogens is 6. The van der Waals surface area contributed by atoms with Crippen molar-refractivity contribution < 1.29 is 36.2 Å². The van der Waals surface area contributed by atoms with Gasteiger partial charge in [0.15, 0.2) is 0 Å². The van der Waals surface area contributed by atoms with Crippen LogP contribution in [-0.4, -0.2) is 12.2 Å². The molecule has 0 aliphatic heterocycles. The summed E-state index contributed by atoms with van der Waals surface area (Å²) in [6, 6.07) is 0.188. The molecule has 96 valence electrons. The molecule has 0 spiro atoms. The second-order valence-corrected chi connectivity index (χ2v) is 3.07. The molecule has 8 heteroatoms. The van der Waals surface area contributed by atoms with E-state index < -0.39 is 35.0 Å². The van der Waals surface area contributed by atoms with Gasteiger partial charge in [-0.2, -0.15) is 26.3 Å². The third-order valence-electron chi connectivity index (χ3n) is 1.91. The van der Waals surface area contributed by atoms with Crippen molar-refractivity contribution in [3.05, 3.63) is 23.3 Å². The molecule has 0 bridgehead atoms. The second kappa shape index (κ2) is 4.01. The molecule has 0 saturated carbocycles. The van der Waals surface area contributed by atoms with Crippen molar-refractivity contribution >= 4 is 0 Å². The van der Waals surface area contributed by atoms with Crippen LogP contribution in [0.3, 0.4) is 0 Å². The van der Waals surface area contributed by atoms with Crippen LogP contribution in [0.4, 0.5) is 26.3 Å². The van der Waals surface area contributed by atoms with Crippen LogP contribution in [0.5, 0.6) is 11.5 Å². The molecule has 0 saturated heterocycles. The summed E-state index contributed by atoms with van der Waals surface area (Å²) >= 11 is 0. The van der Waals surface area contributed by atoms with Gasteiger partial charge in [0.05, 0.1) is 12.7 Å². The fraction of sp³-hybridized carbons (Fsp3) is 0.333. The highest BCUT2D eigenvalue weighted by Gasteiger charge is 2.41. The van der Waals surface area contributed by atoms with E-state index in [2.05, 4.69) is 4.74 Å². The molecule has 0 atom stereocenters. The topological polar surface area (TPSA) is 29.5 Å². The van der Waals surface area contributed by atoms with Crippen LogP contribution < -0.4 is 4.74 Å². The minimum Gasteiger partial charge on any atom is -0.507 e. The Labute approximate surface area is 91.4 Å². The lowest BCUT2D eigenvalue weighted by Gasteiger charge is -2.16. The van der Waals surface area contributed by atoms with E-state index in [0.717, 1.165) is 7.11 Å². The Hall–Kier alpha value is -1.60. The van der Waals surface area contributed by atoms with Crippen LogP contribution in [0.25, 0.3) is 0 Å². The van der Waals surface area contributed by atoms with Gasteiger partial charge in [0.1, 0.15) is 17.1 Å². The maximum atomic E-state index is 12.4. The number of rotatable bonds is 1. The Morgan fingerprint density at radius 2 is 1.53 bits per heavy atom.